The van der Waals surface area contributed by atoms with Crippen LogP contribution in [0.1, 0.15) is 11.7 Å². The Hall–Kier alpha value is -2.28. The number of carboxylic acid groups (broad SMARTS) is 1. The highest BCUT2D eigenvalue weighted by atomic mass is 16.6. The zero-order chi connectivity index (χ0) is 14.5. The Kier molecular flexibility index (Phi) is 4.41. The lowest BCUT2D eigenvalue weighted by Crippen LogP contribution is -2.35. The highest BCUT2D eigenvalue weighted by Crippen LogP contribution is 2.28. The summed E-state index contributed by atoms with van der Waals surface area (Å²) in [4.78, 5) is 22.2. The first-order valence-electron chi connectivity index (χ1n) is 6.03. The number of hydrogen-bond donors (Lipinski definition) is 2. The molecule has 7 nitrogen and oxygen atoms in total. The molecule has 2 N–H and O–H groups in total. The number of amides is 1. The van der Waals surface area contributed by atoms with Crippen LogP contribution in [0, 0.1) is 0 Å². The van der Waals surface area contributed by atoms with E-state index in [0.29, 0.717) is 24.5 Å². The van der Waals surface area contributed by atoms with Gasteiger partial charge in [0, 0.05) is 7.11 Å². The fourth-order valence-corrected chi connectivity index (χ4v) is 1.87. The van der Waals surface area contributed by atoms with E-state index in [1.54, 1.807) is 31.4 Å². The van der Waals surface area contributed by atoms with E-state index in [-0.39, 0.29) is 0 Å². The highest BCUT2D eigenvalue weighted by Gasteiger charge is 2.40. The molecule has 0 saturated carbocycles. The number of ether oxygens (including phenoxy) is 3. The predicted octanol–water partition coefficient (Wildman–Crippen LogP) is 0.946. The van der Waals surface area contributed by atoms with Gasteiger partial charge in [0.25, 0.3) is 0 Å². The van der Waals surface area contributed by atoms with Crippen LogP contribution in [0.15, 0.2) is 24.3 Å². The molecule has 0 aliphatic carbocycles. The average Bonchev–Trinajstić information content (AvgIpc) is 2.82. The van der Waals surface area contributed by atoms with Gasteiger partial charge in [-0.2, -0.15) is 0 Å². The number of carboxylic acids is 1. The number of rotatable bonds is 6. The number of carbonyl (C=O) groups is 2. The maximum absolute atomic E-state index is 11.1. The second kappa shape index (κ2) is 6.25. The van der Waals surface area contributed by atoms with Crippen LogP contribution in [0.2, 0.25) is 0 Å². The summed E-state index contributed by atoms with van der Waals surface area (Å²) in [6.45, 7) is 0.903. The van der Waals surface area contributed by atoms with Crippen LogP contribution in [0.25, 0.3) is 0 Å². The van der Waals surface area contributed by atoms with Gasteiger partial charge in [0.2, 0.25) is 0 Å². The van der Waals surface area contributed by atoms with Gasteiger partial charge in [0.1, 0.15) is 12.4 Å². The maximum atomic E-state index is 11.1. The predicted molar refractivity (Wildman–Crippen MR) is 67.6 cm³/mol. The molecular formula is C13H15NO6. The summed E-state index contributed by atoms with van der Waals surface area (Å²) >= 11 is 0. The van der Waals surface area contributed by atoms with E-state index in [2.05, 4.69) is 5.32 Å². The Balaban J connectivity index is 2.05. The molecule has 0 radical (unpaired) electrons. The Labute approximate surface area is 115 Å². The van der Waals surface area contributed by atoms with E-state index < -0.39 is 24.2 Å². The molecule has 108 valence electrons. The van der Waals surface area contributed by atoms with Crippen molar-refractivity contribution in [3.05, 3.63) is 29.8 Å². The minimum Gasteiger partial charge on any atom is -0.491 e. The number of carbonyl (C=O) groups excluding carboxylic acids is 1. The first-order chi connectivity index (χ1) is 9.61. The van der Waals surface area contributed by atoms with Crippen molar-refractivity contribution in [1.29, 1.82) is 0 Å². The molecule has 1 heterocycles. The molecule has 0 aromatic heterocycles. The molecule has 0 spiro atoms. The first kappa shape index (κ1) is 14.1. The topological polar surface area (TPSA) is 94.1 Å². The average molecular weight is 281 g/mol. The van der Waals surface area contributed by atoms with Crippen molar-refractivity contribution < 1.29 is 28.9 Å². The molecule has 2 rings (SSSR count). The van der Waals surface area contributed by atoms with Gasteiger partial charge < -0.3 is 24.6 Å². The van der Waals surface area contributed by atoms with Gasteiger partial charge in [0.05, 0.1) is 6.61 Å². The minimum absolute atomic E-state index is 0.424. The number of cyclic esters (lactones) is 1. The standard InChI is InChI=1S/C13H15NO6/c1-18-6-7-19-9-4-2-8(3-5-9)11-10(12(15)16)14-13(17)20-11/h2-5,10-11H,6-7H2,1H3,(H,14,17)(H,15,16). The van der Waals surface area contributed by atoms with Crippen LogP contribution in [-0.4, -0.2) is 43.5 Å². The van der Waals surface area contributed by atoms with Crippen molar-refractivity contribution in [2.75, 3.05) is 20.3 Å². The Morgan fingerprint density at radius 1 is 1.35 bits per heavy atom. The summed E-state index contributed by atoms with van der Waals surface area (Å²) in [6, 6.07) is 5.64. The zero-order valence-electron chi connectivity index (χ0n) is 10.9. The lowest BCUT2D eigenvalue weighted by atomic mass is 10.0. The SMILES string of the molecule is COCCOc1ccc(C2OC(=O)NC2C(=O)O)cc1. The number of alkyl carbamates (subject to hydrolysis) is 1. The first-order valence-corrected chi connectivity index (χ1v) is 6.03. The molecule has 1 aliphatic heterocycles. The number of methoxy groups -OCH3 is 1. The fourth-order valence-electron chi connectivity index (χ4n) is 1.87. The van der Waals surface area contributed by atoms with Gasteiger partial charge in [-0.25, -0.2) is 9.59 Å². The van der Waals surface area contributed by atoms with Crippen molar-refractivity contribution >= 4 is 12.1 Å². The van der Waals surface area contributed by atoms with Gasteiger partial charge in [-0.3, -0.25) is 0 Å². The summed E-state index contributed by atoms with van der Waals surface area (Å²) < 4.78 is 15.2. The molecule has 20 heavy (non-hydrogen) atoms. The third kappa shape index (κ3) is 3.18. The van der Waals surface area contributed by atoms with Gasteiger partial charge in [-0.05, 0) is 17.7 Å². The normalized spacial score (nSPS) is 21.1. The minimum atomic E-state index is -1.14. The largest absolute Gasteiger partial charge is 0.491 e. The molecule has 2 atom stereocenters. The van der Waals surface area contributed by atoms with E-state index in [1.807, 2.05) is 0 Å². The van der Waals surface area contributed by atoms with E-state index in [4.69, 9.17) is 19.3 Å². The van der Waals surface area contributed by atoms with Gasteiger partial charge in [0.15, 0.2) is 12.1 Å². The van der Waals surface area contributed by atoms with Crippen molar-refractivity contribution in [3.63, 3.8) is 0 Å². The van der Waals surface area contributed by atoms with Crippen LogP contribution < -0.4 is 10.1 Å². The highest BCUT2D eigenvalue weighted by molar-refractivity contribution is 5.84. The van der Waals surface area contributed by atoms with Crippen LogP contribution in [0.4, 0.5) is 4.79 Å². The number of benzene rings is 1. The Morgan fingerprint density at radius 3 is 2.65 bits per heavy atom. The summed E-state index contributed by atoms with van der Waals surface area (Å²) in [6.07, 6.45) is -1.57. The summed E-state index contributed by atoms with van der Waals surface area (Å²) in [5.41, 5.74) is 0.592. The molecule has 1 aromatic carbocycles. The van der Waals surface area contributed by atoms with Gasteiger partial charge in [-0.15, -0.1) is 0 Å². The third-order valence-electron chi connectivity index (χ3n) is 2.84. The van der Waals surface area contributed by atoms with Crippen molar-refractivity contribution in [3.8, 4) is 5.75 Å². The monoisotopic (exact) mass is 281 g/mol. The number of aliphatic carboxylic acids is 1. The van der Waals surface area contributed by atoms with Gasteiger partial charge >= 0.3 is 12.1 Å². The molecule has 1 amide bonds. The fraction of sp³-hybridized carbons (Fsp3) is 0.385. The third-order valence-corrected chi connectivity index (χ3v) is 2.84. The molecule has 2 unspecified atom stereocenters. The second-order valence-corrected chi connectivity index (χ2v) is 4.20. The zero-order valence-corrected chi connectivity index (χ0v) is 10.9. The summed E-state index contributed by atoms with van der Waals surface area (Å²) in [7, 11) is 1.58. The Bertz CT molecular complexity index is 486. The van der Waals surface area contributed by atoms with E-state index in [9.17, 15) is 9.59 Å². The molecule has 7 heteroatoms. The smallest absolute Gasteiger partial charge is 0.408 e. The maximum Gasteiger partial charge on any atom is 0.408 e. The summed E-state index contributed by atoms with van der Waals surface area (Å²) in [5.74, 6) is -0.503. The van der Waals surface area contributed by atoms with Crippen LogP contribution in [-0.2, 0) is 14.3 Å². The van der Waals surface area contributed by atoms with E-state index in [0.717, 1.165) is 0 Å². The lowest BCUT2D eigenvalue weighted by molar-refractivity contribution is -0.140. The van der Waals surface area contributed by atoms with E-state index in [1.165, 1.54) is 0 Å². The van der Waals surface area contributed by atoms with Crippen LogP contribution >= 0.6 is 0 Å². The molecule has 1 fully saturated rings. The lowest BCUT2D eigenvalue weighted by Gasteiger charge is -2.14. The molecule has 1 saturated heterocycles. The Morgan fingerprint density at radius 2 is 2.05 bits per heavy atom. The second-order valence-electron chi connectivity index (χ2n) is 4.20. The van der Waals surface area contributed by atoms with Crippen molar-refractivity contribution in [2.45, 2.75) is 12.1 Å². The number of nitrogens with one attached hydrogen (secondary N) is 1. The van der Waals surface area contributed by atoms with Crippen molar-refractivity contribution in [2.24, 2.45) is 0 Å². The molecular weight excluding hydrogens is 266 g/mol. The number of hydrogen-bond acceptors (Lipinski definition) is 5. The summed E-state index contributed by atoms with van der Waals surface area (Å²) in [5, 5.41) is 11.3. The molecule has 0 bridgehead atoms. The molecule has 1 aromatic rings. The van der Waals surface area contributed by atoms with E-state index >= 15 is 0 Å². The van der Waals surface area contributed by atoms with Crippen molar-refractivity contribution in [1.82, 2.24) is 5.32 Å². The quantitative estimate of drug-likeness (QED) is 0.754. The van der Waals surface area contributed by atoms with Crippen LogP contribution in [0.3, 0.4) is 0 Å². The van der Waals surface area contributed by atoms with Crippen LogP contribution in [0.5, 0.6) is 5.75 Å². The molecule has 1 aliphatic rings. The van der Waals surface area contributed by atoms with Gasteiger partial charge in [-0.1, -0.05) is 12.1 Å².